The van der Waals surface area contributed by atoms with Crippen molar-refractivity contribution < 1.29 is 5.11 Å². The van der Waals surface area contributed by atoms with E-state index in [1.54, 1.807) is 30.5 Å². The monoisotopic (exact) mass is 284 g/mol. The van der Waals surface area contributed by atoms with Crippen LogP contribution in [-0.4, -0.2) is 24.4 Å². The van der Waals surface area contributed by atoms with Crippen molar-refractivity contribution >= 4 is 15.9 Å². The van der Waals surface area contributed by atoms with E-state index < -0.39 is 6.10 Å². The molecule has 0 radical (unpaired) electrons. The molecule has 16 heavy (non-hydrogen) atoms. The van der Waals surface area contributed by atoms with Crippen molar-refractivity contribution in [3.63, 3.8) is 0 Å². The summed E-state index contributed by atoms with van der Waals surface area (Å²) in [6.45, 7) is 2.79. The Kier molecular flexibility index (Phi) is 3.11. The molecule has 0 amide bonds. The number of nitrogens with zero attached hydrogens (tertiary/aromatic N) is 4. The predicted octanol–water partition coefficient (Wildman–Crippen LogP) is 1.48. The number of hydrogen-bond acceptors (Lipinski definition) is 3. The highest BCUT2D eigenvalue weighted by molar-refractivity contribution is 9.10. The van der Waals surface area contributed by atoms with Gasteiger partial charge in [-0.05, 0) is 22.9 Å². The smallest absolute Gasteiger partial charge is 0.138 e. The number of rotatable bonds is 3. The molecule has 0 saturated heterocycles. The molecule has 86 valence electrons. The summed E-state index contributed by atoms with van der Waals surface area (Å²) in [4.78, 5) is 4.04. The van der Waals surface area contributed by atoms with Crippen LogP contribution in [0.15, 0.2) is 23.2 Å². The largest absolute Gasteiger partial charge is 0.380 e. The number of imidazole rings is 1. The minimum Gasteiger partial charge on any atom is -0.380 e. The van der Waals surface area contributed by atoms with Gasteiger partial charge in [0.1, 0.15) is 6.10 Å². The normalized spacial score (nSPS) is 13.0. The van der Waals surface area contributed by atoms with E-state index in [4.69, 9.17) is 0 Å². The average Bonchev–Trinajstić information content (AvgIpc) is 2.85. The summed E-state index contributed by atoms with van der Waals surface area (Å²) in [6, 6.07) is 0. The second-order valence-corrected chi connectivity index (χ2v) is 4.36. The van der Waals surface area contributed by atoms with Crippen LogP contribution in [0, 0.1) is 0 Å². The number of halogens is 1. The summed E-state index contributed by atoms with van der Waals surface area (Å²) in [7, 11) is 1.80. The van der Waals surface area contributed by atoms with Crippen LogP contribution in [0.1, 0.15) is 24.4 Å². The minimum absolute atomic E-state index is 0.718. The molecule has 2 aromatic heterocycles. The van der Waals surface area contributed by atoms with E-state index in [0.717, 1.165) is 22.4 Å². The quantitative estimate of drug-likeness (QED) is 0.929. The Hall–Kier alpha value is -1.14. The molecule has 0 aliphatic rings. The van der Waals surface area contributed by atoms with Gasteiger partial charge in [0.25, 0.3) is 0 Å². The van der Waals surface area contributed by atoms with E-state index >= 15 is 0 Å². The number of aromatic nitrogens is 4. The van der Waals surface area contributed by atoms with Gasteiger partial charge in [-0.25, -0.2) is 4.98 Å². The molecule has 2 heterocycles. The van der Waals surface area contributed by atoms with Gasteiger partial charge >= 0.3 is 0 Å². The number of aliphatic hydroxyl groups excluding tert-OH is 1. The second kappa shape index (κ2) is 4.39. The third kappa shape index (κ3) is 1.78. The van der Waals surface area contributed by atoms with E-state index in [9.17, 15) is 5.11 Å². The maximum Gasteiger partial charge on any atom is 0.138 e. The molecule has 2 rings (SSSR count). The summed E-state index contributed by atoms with van der Waals surface area (Å²) in [5, 5.41) is 14.4. The van der Waals surface area contributed by atoms with E-state index in [-0.39, 0.29) is 0 Å². The molecule has 0 spiro atoms. The summed E-state index contributed by atoms with van der Waals surface area (Å²) in [5.41, 5.74) is 1.50. The molecule has 5 nitrogen and oxygen atoms in total. The Labute approximate surface area is 102 Å². The third-order valence-corrected chi connectivity index (χ3v) is 3.17. The first-order valence-electron chi connectivity index (χ1n) is 5.00. The molecular formula is C10H13BrN4O. The van der Waals surface area contributed by atoms with Crippen LogP contribution in [0.5, 0.6) is 0 Å². The third-order valence-electron chi connectivity index (χ3n) is 2.56. The van der Waals surface area contributed by atoms with Gasteiger partial charge in [-0.1, -0.05) is 0 Å². The van der Waals surface area contributed by atoms with Crippen molar-refractivity contribution in [1.29, 1.82) is 0 Å². The number of hydrogen-bond donors (Lipinski definition) is 1. The molecule has 0 aromatic carbocycles. The minimum atomic E-state index is -0.718. The summed E-state index contributed by atoms with van der Waals surface area (Å²) < 4.78 is 4.36. The van der Waals surface area contributed by atoms with Gasteiger partial charge in [0, 0.05) is 13.6 Å². The van der Waals surface area contributed by atoms with Crippen molar-refractivity contribution in [1.82, 2.24) is 19.3 Å². The van der Waals surface area contributed by atoms with Crippen molar-refractivity contribution in [2.24, 2.45) is 7.05 Å². The van der Waals surface area contributed by atoms with Crippen LogP contribution in [0.25, 0.3) is 0 Å². The summed E-state index contributed by atoms with van der Waals surface area (Å²) in [5.74, 6) is 0. The van der Waals surface area contributed by atoms with E-state index in [0.29, 0.717) is 0 Å². The van der Waals surface area contributed by atoms with Gasteiger partial charge in [0.15, 0.2) is 0 Å². The van der Waals surface area contributed by atoms with Crippen LogP contribution in [0.3, 0.4) is 0 Å². The Morgan fingerprint density at radius 3 is 2.81 bits per heavy atom. The number of aliphatic hydroxyl groups is 1. The van der Waals surface area contributed by atoms with Crippen LogP contribution in [-0.2, 0) is 13.6 Å². The molecule has 0 aliphatic heterocycles. The second-order valence-electron chi connectivity index (χ2n) is 3.51. The lowest BCUT2D eigenvalue weighted by atomic mass is 10.2. The SMILES string of the molecule is CCn1cncc1C(O)c1c(Br)cnn1C. The molecular weight excluding hydrogens is 272 g/mol. The highest BCUT2D eigenvalue weighted by atomic mass is 79.9. The molecule has 1 unspecified atom stereocenters. The van der Waals surface area contributed by atoms with Crippen molar-refractivity contribution in [3.8, 4) is 0 Å². The molecule has 0 fully saturated rings. The molecule has 0 bridgehead atoms. The number of aryl methyl sites for hydroxylation is 2. The Morgan fingerprint density at radius 1 is 1.50 bits per heavy atom. The van der Waals surface area contributed by atoms with Gasteiger partial charge in [0.2, 0.25) is 0 Å². The Morgan fingerprint density at radius 2 is 2.25 bits per heavy atom. The fraction of sp³-hybridized carbons (Fsp3) is 0.400. The molecule has 1 atom stereocenters. The molecule has 2 aromatic rings. The summed E-state index contributed by atoms with van der Waals surface area (Å²) in [6.07, 6.45) is 4.34. The molecule has 1 N–H and O–H groups in total. The van der Waals surface area contributed by atoms with Crippen LogP contribution < -0.4 is 0 Å². The first kappa shape index (κ1) is 11.3. The summed E-state index contributed by atoms with van der Waals surface area (Å²) >= 11 is 3.38. The van der Waals surface area contributed by atoms with E-state index in [2.05, 4.69) is 26.0 Å². The predicted molar refractivity (Wildman–Crippen MR) is 62.9 cm³/mol. The lowest BCUT2D eigenvalue weighted by Crippen LogP contribution is -2.11. The van der Waals surface area contributed by atoms with Gasteiger partial charge in [-0.3, -0.25) is 4.68 Å². The fourth-order valence-electron chi connectivity index (χ4n) is 1.69. The lowest BCUT2D eigenvalue weighted by Gasteiger charge is -2.13. The Bertz CT molecular complexity index is 471. The Balaban J connectivity index is 2.43. The zero-order valence-corrected chi connectivity index (χ0v) is 10.7. The van der Waals surface area contributed by atoms with Crippen LogP contribution in [0.2, 0.25) is 0 Å². The highest BCUT2D eigenvalue weighted by Gasteiger charge is 2.20. The fourth-order valence-corrected chi connectivity index (χ4v) is 2.26. The van der Waals surface area contributed by atoms with Gasteiger partial charge in [-0.15, -0.1) is 0 Å². The highest BCUT2D eigenvalue weighted by Crippen LogP contribution is 2.27. The zero-order valence-electron chi connectivity index (χ0n) is 9.13. The standard InChI is InChI=1S/C10H13BrN4O/c1-3-15-6-12-5-8(15)10(16)9-7(11)4-13-14(9)2/h4-6,10,16H,3H2,1-2H3. The molecule has 6 heteroatoms. The van der Waals surface area contributed by atoms with Crippen molar-refractivity contribution in [2.75, 3.05) is 0 Å². The van der Waals surface area contributed by atoms with E-state index in [1.807, 2.05) is 11.5 Å². The molecule has 0 aliphatic carbocycles. The van der Waals surface area contributed by atoms with Crippen molar-refractivity contribution in [3.05, 3.63) is 34.6 Å². The van der Waals surface area contributed by atoms with Gasteiger partial charge in [0.05, 0.1) is 34.6 Å². The lowest BCUT2D eigenvalue weighted by molar-refractivity contribution is 0.199. The first-order chi connectivity index (χ1) is 7.65. The first-order valence-corrected chi connectivity index (χ1v) is 5.80. The van der Waals surface area contributed by atoms with Gasteiger partial charge < -0.3 is 9.67 Å². The average molecular weight is 285 g/mol. The molecule has 0 saturated carbocycles. The maximum atomic E-state index is 10.3. The zero-order chi connectivity index (χ0) is 11.7. The topological polar surface area (TPSA) is 55.9 Å². The maximum absolute atomic E-state index is 10.3. The van der Waals surface area contributed by atoms with Gasteiger partial charge in [-0.2, -0.15) is 5.10 Å². The van der Waals surface area contributed by atoms with E-state index in [1.165, 1.54) is 0 Å². The van der Waals surface area contributed by atoms with Crippen LogP contribution in [0.4, 0.5) is 0 Å². The van der Waals surface area contributed by atoms with Crippen molar-refractivity contribution in [2.45, 2.75) is 19.6 Å². The van der Waals surface area contributed by atoms with Crippen LogP contribution >= 0.6 is 15.9 Å².